The van der Waals surface area contributed by atoms with E-state index in [-0.39, 0.29) is 5.75 Å². The van der Waals surface area contributed by atoms with E-state index in [1.54, 1.807) is 6.07 Å². The van der Waals surface area contributed by atoms with E-state index < -0.39 is 0 Å². The number of phenolic OH excluding ortho intramolecular Hbond substituents is 1. The third-order valence-electron chi connectivity index (χ3n) is 3.10. The van der Waals surface area contributed by atoms with Crippen molar-refractivity contribution in [3.63, 3.8) is 0 Å². The summed E-state index contributed by atoms with van der Waals surface area (Å²) in [6, 6.07) is 21.2. The van der Waals surface area contributed by atoms with Crippen molar-refractivity contribution >= 4 is 10.8 Å². The molecule has 1 N–H and O–H groups in total. The van der Waals surface area contributed by atoms with E-state index in [9.17, 15) is 5.11 Å². The Labute approximate surface area is 111 Å². The number of ether oxygens (including phenoxy) is 1. The van der Waals surface area contributed by atoms with E-state index in [2.05, 4.69) is 0 Å². The van der Waals surface area contributed by atoms with Crippen LogP contribution in [0.5, 0.6) is 11.5 Å². The number of fused-ring (bicyclic) bond motifs is 1. The Morgan fingerprint density at radius 2 is 1.47 bits per heavy atom. The van der Waals surface area contributed by atoms with Gasteiger partial charge in [0.2, 0.25) is 0 Å². The Morgan fingerprint density at radius 1 is 0.737 bits per heavy atom. The van der Waals surface area contributed by atoms with Crippen LogP contribution in [0.4, 0.5) is 0 Å². The molecule has 0 spiro atoms. The highest BCUT2D eigenvalue weighted by Crippen LogP contribution is 2.31. The van der Waals surface area contributed by atoms with Crippen molar-refractivity contribution in [3.8, 4) is 11.5 Å². The lowest BCUT2D eigenvalue weighted by Gasteiger charge is -2.10. The Hall–Kier alpha value is -2.48. The van der Waals surface area contributed by atoms with Crippen molar-refractivity contribution in [2.75, 3.05) is 0 Å². The molecular formula is C17H14O2. The molecule has 0 saturated heterocycles. The molecule has 0 heterocycles. The quantitative estimate of drug-likeness (QED) is 0.757. The molecule has 3 aromatic rings. The number of aromatic hydroxyl groups is 1. The predicted octanol–water partition coefficient (Wildman–Crippen LogP) is 4.12. The fourth-order valence-corrected chi connectivity index (χ4v) is 2.13. The molecule has 0 aliphatic heterocycles. The average molecular weight is 250 g/mol. The monoisotopic (exact) mass is 250 g/mol. The van der Waals surface area contributed by atoms with Crippen LogP contribution in [0.1, 0.15) is 5.56 Å². The van der Waals surface area contributed by atoms with Gasteiger partial charge >= 0.3 is 0 Å². The van der Waals surface area contributed by atoms with E-state index in [4.69, 9.17) is 4.74 Å². The summed E-state index contributed by atoms with van der Waals surface area (Å²) in [5.41, 5.74) is 1.12. The van der Waals surface area contributed by atoms with E-state index in [1.165, 1.54) is 0 Å². The van der Waals surface area contributed by atoms with Gasteiger partial charge in [0.05, 0.1) is 0 Å². The molecule has 0 bridgehead atoms. The summed E-state index contributed by atoms with van der Waals surface area (Å²) in [5, 5.41) is 11.6. The molecule has 3 aromatic carbocycles. The third kappa shape index (κ3) is 2.38. The van der Waals surface area contributed by atoms with Gasteiger partial charge in [0, 0.05) is 10.8 Å². The van der Waals surface area contributed by atoms with Crippen LogP contribution in [0.15, 0.2) is 66.7 Å². The minimum atomic E-state index is 0.280. The van der Waals surface area contributed by atoms with Crippen LogP contribution in [0.3, 0.4) is 0 Å². The van der Waals surface area contributed by atoms with Gasteiger partial charge in [-0.05, 0) is 17.7 Å². The molecule has 3 rings (SSSR count). The molecule has 0 radical (unpaired) electrons. The van der Waals surface area contributed by atoms with Crippen molar-refractivity contribution in [3.05, 3.63) is 72.3 Å². The predicted molar refractivity (Wildman–Crippen MR) is 76.4 cm³/mol. The maximum atomic E-state index is 9.83. The molecule has 0 aromatic heterocycles. The average Bonchev–Trinajstić information content (AvgIpc) is 2.47. The first-order chi connectivity index (χ1) is 9.34. The highest BCUT2D eigenvalue weighted by molar-refractivity contribution is 5.92. The molecule has 19 heavy (non-hydrogen) atoms. The van der Waals surface area contributed by atoms with Crippen molar-refractivity contribution in [1.82, 2.24) is 0 Å². The maximum Gasteiger partial charge on any atom is 0.127 e. The molecule has 0 aliphatic carbocycles. The van der Waals surface area contributed by atoms with Gasteiger partial charge in [-0.15, -0.1) is 0 Å². The molecule has 2 nitrogen and oxygen atoms in total. The summed E-state index contributed by atoms with van der Waals surface area (Å²) >= 11 is 0. The lowest BCUT2D eigenvalue weighted by Crippen LogP contribution is -1.95. The molecule has 0 unspecified atom stereocenters. The summed E-state index contributed by atoms with van der Waals surface area (Å²) in [6.07, 6.45) is 0. The molecule has 0 fully saturated rings. The SMILES string of the molecule is Oc1cccc2c(OCc3ccccc3)cccc12. The molecule has 0 aliphatic rings. The number of hydrogen-bond donors (Lipinski definition) is 1. The van der Waals surface area contributed by atoms with E-state index in [0.29, 0.717) is 6.61 Å². The topological polar surface area (TPSA) is 29.5 Å². The van der Waals surface area contributed by atoms with Crippen LogP contribution in [0, 0.1) is 0 Å². The first kappa shape index (κ1) is 11.6. The van der Waals surface area contributed by atoms with Gasteiger partial charge in [-0.25, -0.2) is 0 Å². The van der Waals surface area contributed by atoms with E-state index in [1.807, 2.05) is 60.7 Å². The molecular weight excluding hydrogens is 236 g/mol. The molecule has 0 saturated carbocycles. The van der Waals surface area contributed by atoms with Crippen molar-refractivity contribution < 1.29 is 9.84 Å². The Kier molecular flexibility index (Phi) is 3.07. The number of phenols is 1. The summed E-state index contributed by atoms with van der Waals surface area (Å²) in [7, 11) is 0. The highest BCUT2D eigenvalue weighted by atomic mass is 16.5. The van der Waals surface area contributed by atoms with Gasteiger partial charge in [0.1, 0.15) is 18.1 Å². The van der Waals surface area contributed by atoms with Crippen LogP contribution in [-0.2, 0) is 6.61 Å². The molecule has 94 valence electrons. The van der Waals surface area contributed by atoms with Crippen LogP contribution in [-0.4, -0.2) is 5.11 Å². The fraction of sp³-hybridized carbons (Fsp3) is 0.0588. The first-order valence-corrected chi connectivity index (χ1v) is 6.22. The minimum absolute atomic E-state index is 0.280. The van der Waals surface area contributed by atoms with Crippen molar-refractivity contribution in [2.45, 2.75) is 6.61 Å². The zero-order chi connectivity index (χ0) is 13.1. The van der Waals surface area contributed by atoms with Gasteiger partial charge in [0.25, 0.3) is 0 Å². The van der Waals surface area contributed by atoms with Gasteiger partial charge in [-0.1, -0.05) is 54.6 Å². The van der Waals surface area contributed by atoms with Crippen molar-refractivity contribution in [2.24, 2.45) is 0 Å². The molecule has 0 atom stereocenters. The largest absolute Gasteiger partial charge is 0.507 e. The van der Waals surface area contributed by atoms with Crippen LogP contribution < -0.4 is 4.74 Å². The van der Waals surface area contributed by atoms with Gasteiger partial charge in [-0.3, -0.25) is 0 Å². The Bertz CT molecular complexity index is 690. The van der Waals surface area contributed by atoms with E-state index in [0.717, 1.165) is 22.1 Å². The fourth-order valence-electron chi connectivity index (χ4n) is 2.13. The third-order valence-corrected chi connectivity index (χ3v) is 3.10. The smallest absolute Gasteiger partial charge is 0.127 e. The van der Waals surface area contributed by atoms with Gasteiger partial charge in [0.15, 0.2) is 0 Å². The minimum Gasteiger partial charge on any atom is -0.507 e. The van der Waals surface area contributed by atoms with Gasteiger partial charge in [-0.2, -0.15) is 0 Å². The van der Waals surface area contributed by atoms with Crippen LogP contribution in [0.25, 0.3) is 10.8 Å². The molecule has 0 amide bonds. The second-order valence-corrected chi connectivity index (χ2v) is 4.40. The first-order valence-electron chi connectivity index (χ1n) is 6.22. The second-order valence-electron chi connectivity index (χ2n) is 4.40. The number of rotatable bonds is 3. The second kappa shape index (κ2) is 5.02. The zero-order valence-corrected chi connectivity index (χ0v) is 10.4. The Morgan fingerprint density at radius 3 is 2.32 bits per heavy atom. The number of benzene rings is 3. The lowest BCUT2D eigenvalue weighted by atomic mass is 10.1. The number of hydrogen-bond acceptors (Lipinski definition) is 2. The summed E-state index contributed by atoms with van der Waals surface area (Å²) in [5.74, 6) is 1.07. The zero-order valence-electron chi connectivity index (χ0n) is 10.4. The van der Waals surface area contributed by atoms with E-state index >= 15 is 0 Å². The van der Waals surface area contributed by atoms with Crippen LogP contribution in [0.2, 0.25) is 0 Å². The highest BCUT2D eigenvalue weighted by Gasteiger charge is 2.04. The Balaban J connectivity index is 1.91. The van der Waals surface area contributed by atoms with Crippen LogP contribution >= 0.6 is 0 Å². The van der Waals surface area contributed by atoms with Gasteiger partial charge < -0.3 is 9.84 Å². The summed E-state index contributed by atoms with van der Waals surface area (Å²) < 4.78 is 5.85. The summed E-state index contributed by atoms with van der Waals surface area (Å²) in [4.78, 5) is 0. The summed E-state index contributed by atoms with van der Waals surface area (Å²) in [6.45, 7) is 0.523. The maximum absolute atomic E-state index is 9.83. The lowest BCUT2D eigenvalue weighted by molar-refractivity contribution is 0.310. The standard InChI is InChI=1S/C17H14O2/c18-16-10-4-9-15-14(16)8-5-11-17(15)19-12-13-6-2-1-3-7-13/h1-11,18H,12H2. The molecule has 2 heteroatoms. The normalized spacial score (nSPS) is 10.5. The van der Waals surface area contributed by atoms with Crippen molar-refractivity contribution in [1.29, 1.82) is 0 Å².